The second-order valence-corrected chi connectivity index (χ2v) is 5.26. The second kappa shape index (κ2) is 7.61. The van der Waals surface area contributed by atoms with Crippen molar-refractivity contribution >= 4 is 5.91 Å². The van der Waals surface area contributed by atoms with Crippen molar-refractivity contribution in [2.75, 3.05) is 13.7 Å². The summed E-state index contributed by atoms with van der Waals surface area (Å²) in [6, 6.07) is 15.0. The molecule has 0 bridgehead atoms. The number of hydrogen-bond donors (Lipinski definition) is 2. The van der Waals surface area contributed by atoms with Crippen molar-refractivity contribution in [1.29, 1.82) is 0 Å². The molecule has 2 rings (SSSR count). The maximum atomic E-state index is 11.9. The summed E-state index contributed by atoms with van der Waals surface area (Å²) in [4.78, 5) is 11.9. The van der Waals surface area contributed by atoms with Gasteiger partial charge in [0.25, 0.3) is 0 Å². The molecule has 1 amide bonds. The Labute approximate surface area is 130 Å². The fourth-order valence-electron chi connectivity index (χ4n) is 2.25. The van der Waals surface area contributed by atoms with Gasteiger partial charge in [0.2, 0.25) is 5.91 Å². The summed E-state index contributed by atoms with van der Waals surface area (Å²) in [6.45, 7) is 2.17. The summed E-state index contributed by atoms with van der Waals surface area (Å²) in [5.74, 6) is 0.579. The van der Waals surface area contributed by atoms with Gasteiger partial charge in [0.15, 0.2) is 0 Å². The molecule has 1 atom stereocenters. The van der Waals surface area contributed by atoms with Gasteiger partial charge >= 0.3 is 0 Å². The van der Waals surface area contributed by atoms with Gasteiger partial charge in [-0.15, -0.1) is 0 Å². The van der Waals surface area contributed by atoms with Crippen LogP contribution in [0.25, 0.3) is 0 Å². The molecular formula is C18H21NO3. The largest absolute Gasteiger partial charge is 0.497 e. The quantitative estimate of drug-likeness (QED) is 0.861. The molecule has 0 fully saturated rings. The highest BCUT2D eigenvalue weighted by Gasteiger charge is 2.10. The second-order valence-electron chi connectivity index (χ2n) is 5.26. The fraction of sp³-hybridized carbons (Fsp3) is 0.278. The van der Waals surface area contributed by atoms with Crippen LogP contribution in [-0.2, 0) is 11.2 Å². The standard InChI is InChI=1S/C18H21NO3/c1-13-5-3-6-14(9-13)10-18(21)19-12-17(20)15-7-4-8-16(11-15)22-2/h3-9,11,17,20H,10,12H2,1-2H3,(H,19,21). The Morgan fingerprint density at radius 3 is 2.73 bits per heavy atom. The molecule has 2 aromatic carbocycles. The molecule has 0 spiro atoms. The van der Waals surface area contributed by atoms with Crippen LogP contribution in [0, 0.1) is 6.92 Å². The number of carbonyl (C=O) groups excluding carboxylic acids is 1. The Balaban J connectivity index is 1.87. The summed E-state index contributed by atoms with van der Waals surface area (Å²) in [7, 11) is 1.58. The van der Waals surface area contributed by atoms with Gasteiger partial charge < -0.3 is 15.2 Å². The maximum Gasteiger partial charge on any atom is 0.224 e. The number of hydrogen-bond acceptors (Lipinski definition) is 3. The average Bonchev–Trinajstić information content (AvgIpc) is 2.52. The molecule has 0 saturated carbocycles. The van der Waals surface area contributed by atoms with Gasteiger partial charge in [0, 0.05) is 6.54 Å². The zero-order chi connectivity index (χ0) is 15.9. The SMILES string of the molecule is COc1cccc(C(O)CNC(=O)Cc2cccc(C)c2)c1. The van der Waals surface area contributed by atoms with E-state index in [1.807, 2.05) is 43.3 Å². The summed E-state index contributed by atoms with van der Waals surface area (Å²) in [6.07, 6.45) is -0.441. The zero-order valence-corrected chi connectivity index (χ0v) is 12.9. The molecule has 0 heterocycles. The first-order valence-corrected chi connectivity index (χ1v) is 7.23. The van der Waals surface area contributed by atoms with Crippen molar-refractivity contribution in [2.24, 2.45) is 0 Å². The van der Waals surface area contributed by atoms with E-state index in [1.165, 1.54) is 0 Å². The average molecular weight is 299 g/mol. The molecular weight excluding hydrogens is 278 g/mol. The Morgan fingerprint density at radius 2 is 2.00 bits per heavy atom. The molecule has 22 heavy (non-hydrogen) atoms. The molecule has 0 aromatic heterocycles. The summed E-state index contributed by atoms with van der Waals surface area (Å²) < 4.78 is 5.12. The fourth-order valence-corrected chi connectivity index (χ4v) is 2.25. The zero-order valence-electron chi connectivity index (χ0n) is 12.9. The van der Waals surface area contributed by atoms with Gasteiger partial charge in [0.05, 0.1) is 19.6 Å². The third-order valence-electron chi connectivity index (χ3n) is 3.42. The van der Waals surface area contributed by atoms with Crippen LogP contribution < -0.4 is 10.1 Å². The number of aliphatic hydroxyl groups is 1. The lowest BCUT2D eigenvalue weighted by atomic mass is 10.1. The third kappa shape index (κ3) is 4.60. The first kappa shape index (κ1) is 16.0. The minimum Gasteiger partial charge on any atom is -0.497 e. The van der Waals surface area contributed by atoms with Crippen LogP contribution in [0.15, 0.2) is 48.5 Å². The number of carbonyl (C=O) groups is 1. The first-order valence-electron chi connectivity index (χ1n) is 7.23. The lowest BCUT2D eigenvalue weighted by Gasteiger charge is -2.13. The molecule has 2 N–H and O–H groups in total. The van der Waals surface area contributed by atoms with Gasteiger partial charge in [-0.1, -0.05) is 42.0 Å². The minimum atomic E-state index is -0.753. The van der Waals surface area contributed by atoms with Crippen molar-refractivity contribution in [1.82, 2.24) is 5.32 Å². The van der Waals surface area contributed by atoms with Crippen molar-refractivity contribution in [2.45, 2.75) is 19.4 Å². The summed E-state index contributed by atoms with van der Waals surface area (Å²) in [5, 5.41) is 12.9. The van der Waals surface area contributed by atoms with Crippen molar-refractivity contribution < 1.29 is 14.6 Å². The first-order chi connectivity index (χ1) is 10.6. The molecule has 0 aliphatic rings. The monoisotopic (exact) mass is 299 g/mol. The normalized spacial score (nSPS) is 11.8. The number of methoxy groups -OCH3 is 1. The maximum absolute atomic E-state index is 11.9. The number of nitrogens with one attached hydrogen (secondary N) is 1. The topological polar surface area (TPSA) is 58.6 Å². The number of aryl methyl sites for hydroxylation is 1. The smallest absolute Gasteiger partial charge is 0.224 e. The minimum absolute atomic E-state index is 0.104. The molecule has 2 aromatic rings. The van der Waals surface area contributed by atoms with Crippen molar-refractivity contribution in [3.8, 4) is 5.75 Å². The molecule has 0 saturated heterocycles. The van der Waals surface area contributed by atoms with Crippen LogP contribution in [0.4, 0.5) is 0 Å². The predicted octanol–water partition coefficient (Wildman–Crippen LogP) is 2.40. The number of ether oxygens (including phenoxy) is 1. The number of amides is 1. The molecule has 0 radical (unpaired) electrons. The lowest BCUT2D eigenvalue weighted by molar-refractivity contribution is -0.120. The van der Waals surface area contributed by atoms with Gasteiger partial charge in [-0.2, -0.15) is 0 Å². The van der Waals surface area contributed by atoms with E-state index >= 15 is 0 Å². The van der Waals surface area contributed by atoms with Crippen LogP contribution in [-0.4, -0.2) is 24.7 Å². The van der Waals surface area contributed by atoms with Gasteiger partial charge in [-0.25, -0.2) is 0 Å². The van der Waals surface area contributed by atoms with Crippen LogP contribution in [0.5, 0.6) is 5.75 Å². The molecule has 0 aliphatic heterocycles. The Kier molecular flexibility index (Phi) is 5.55. The van der Waals surface area contributed by atoms with E-state index in [-0.39, 0.29) is 12.5 Å². The Bertz CT molecular complexity index is 640. The number of benzene rings is 2. The Morgan fingerprint density at radius 1 is 1.23 bits per heavy atom. The molecule has 4 heteroatoms. The van der Waals surface area contributed by atoms with Gasteiger partial charge in [-0.3, -0.25) is 4.79 Å². The van der Waals surface area contributed by atoms with Gasteiger partial charge in [-0.05, 0) is 30.2 Å². The number of aliphatic hydroxyl groups excluding tert-OH is 1. The van der Waals surface area contributed by atoms with Crippen LogP contribution >= 0.6 is 0 Å². The summed E-state index contributed by atoms with van der Waals surface area (Å²) in [5.41, 5.74) is 2.81. The predicted molar refractivity (Wildman–Crippen MR) is 85.8 cm³/mol. The Hall–Kier alpha value is -2.33. The van der Waals surface area contributed by atoms with Gasteiger partial charge in [0.1, 0.15) is 5.75 Å². The van der Waals surface area contributed by atoms with E-state index in [1.54, 1.807) is 19.2 Å². The highest BCUT2D eigenvalue weighted by atomic mass is 16.5. The molecule has 0 aliphatic carbocycles. The van der Waals surface area contributed by atoms with E-state index in [9.17, 15) is 9.90 Å². The number of rotatable bonds is 6. The van der Waals surface area contributed by atoms with Crippen LogP contribution in [0.3, 0.4) is 0 Å². The van der Waals surface area contributed by atoms with E-state index in [4.69, 9.17) is 4.74 Å². The summed E-state index contributed by atoms with van der Waals surface area (Å²) >= 11 is 0. The van der Waals surface area contributed by atoms with Crippen LogP contribution in [0.1, 0.15) is 22.8 Å². The van der Waals surface area contributed by atoms with Crippen LogP contribution in [0.2, 0.25) is 0 Å². The molecule has 4 nitrogen and oxygen atoms in total. The highest BCUT2D eigenvalue weighted by molar-refractivity contribution is 5.78. The van der Waals surface area contributed by atoms with E-state index < -0.39 is 6.10 Å². The molecule has 116 valence electrons. The third-order valence-corrected chi connectivity index (χ3v) is 3.42. The van der Waals surface area contributed by atoms with E-state index in [0.717, 1.165) is 16.7 Å². The van der Waals surface area contributed by atoms with E-state index in [0.29, 0.717) is 12.2 Å². The van der Waals surface area contributed by atoms with E-state index in [2.05, 4.69) is 5.32 Å². The van der Waals surface area contributed by atoms with Crippen molar-refractivity contribution in [3.05, 3.63) is 65.2 Å². The van der Waals surface area contributed by atoms with Crippen molar-refractivity contribution in [3.63, 3.8) is 0 Å². The lowest BCUT2D eigenvalue weighted by Crippen LogP contribution is -2.29. The highest BCUT2D eigenvalue weighted by Crippen LogP contribution is 2.18. The molecule has 1 unspecified atom stereocenters.